The lowest BCUT2D eigenvalue weighted by atomic mass is 10.2. The van der Waals surface area contributed by atoms with Crippen molar-refractivity contribution in [3.63, 3.8) is 0 Å². The van der Waals surface area contributed by atoms with Gasteiger partial charge in [0.1, 0.15) is 5.82 Å². The van der Waals surface area contributed by atoms with Gasteiger partial charge in [-0.3, -0.25) is 0 Å². The minimum absolute atomic E-state index is 0.0641. The van der Waals surface area contributed by atoms with Gasteiger partial charge in [0.2, 0.25) is 0 Å². The second-order valence-electron chi connectivity index (χ2n) is 4.40. The van der Waals surface area contributed by atoms with Gasteiger partial charge in [-0.15, -0.1) is 0 Å². The molecule has 2 aromatic carbocycles. The van der Waals surface area contributed by atoms with Gasteiger partial charge >= 0.3 is 0 Å². The lowest BCUT2D eigenvalue weighted by molar-refractivity contribution is 0.602. The van der Waals surface area contributed by atoms with E-state index in [4.69, 9.17) is 11.6 Å². The second kappa shape index (κ2) is 5.81. The number of rotatable bonds is 4. The van der Waals surface area contributed by atoms with E-state index < -0.39 is 15.7 Å². The van der Waals surface area contributed by atoms with Crippen molar-refractivity contribution in [1.29, 1.82) is 0 Å². The molecule has 0 atom stereocenters. The molecule has 0 unspecified atom stereocenters. The van der Waals surface area contributed by atoms with Crippen molar-refractivity contribution in [3.8, 4) is 0 Å². The Hall–Kier alpha value is -1.59. The van der Waals surface area contributed by atoms with Crippen LogP contribution in [0.25, 0.3) is 0 Å². The minimum atomic E-state index is -3.23. The fourth-order valence-corrected chi connectivity index (χ4v) is 2.56. The Bertz CT molecular complexity index is 732. The van der Waals surface area contributed by atoms with Crippen LogP contribution >= 0.6 is 11.6 Å². The Kier molecular flexibility index (Phi) is 4.30. The van der Waals surface area contributed by atoms with Gasteiger partial charge in [0.25, 0.3) is 0 Å². The molecule has 1 N–H and O–H groups in total. The van der Waals surface area contributed by atoms with Crippen molar-refractivity contribution in [2.45, 2.75) is 11.4 Å². The number of hydrogen-bond donors (Lipinski definition) is 1. The molecule has 106 valence electrons. The molecule has 0 spiro atoms. The van der Waals surface area contributed by atoms with E-state index in [9.17, 15) is 12.8 Å². The summed E-state index contributed by atoms with van der Waals surface area (Å²) in [6.07, 6.45) is 1.16. The molecule has 2 aromatic rings. The molecule has 2 rings (SSSR count). The van der Waals surface area contributed by atoms with E-state index in [0.29, 0.717) is 12.2 Å². The average molecular weight is 314 g/mol. The molecule has 0 saturated carbocycles. The summed E-state index contributed by atoms with van der Waals surface area (Å²) in [5.74, 6) is -0.463. The Morgan fingerprint density at radius 3 is 2.60 bits per heavy atom. The Balaban J connectivity index is 2.13. The molecular weight excluding hydrogens is 301 g/mol. The first kappa shape index (κ1) is 14.8. The molecule has 0 amide bonds. The van der Waals surface area contributed by atoms with Gasteiger partial charge in [0.05, 0.1) is 9.92 Å². The van der Waals surface area contributed by atoms with Crippen molar-refractivity contribution < 1.29 is 12.8 Å². The topological polar surface area (TPSA) is 46.2 Å². The summed E-state index contributed by atoms with van der Waals surface area (Å²) in [5, 5.41) is 3.14. The Morgan fingerprint density at radius 1 is 1.20 bits per heavy atom. The molecule has 0 aliphatic heterocycles. The van der Waals surface area contributed by atoms with Crippen LogP contribution in [0.15, 0.2) is 47.4 Å². The molecule has 0 fully saturated rings. The van der Waals surface area contributed by atoms with Gasteiger partial charge in [-0.05, 0) is 35.9 Å². The molecule has 6 heteroatoms. The number of anilines is 1. The maximum absolute atomic E-state index is 13.0. The zero-order valence-electron chi connectivity index (χ0n) is 10.7. The number of halogens is 2. The average Bonchev–Trinajstić information content (AvgIpc) is 2.39. The zero-order valence-corrected chi connectivity index (χ0v) is 12.3. The maximum Gasteiger partial charge on any atom is 0.175 e. The SMILES string of the molecule is CS(=O)(=O)c1cccc(NCc2ccc(F)c(Cl)c2)c1. The molecule has 0 radical (unpaired) electrons. The highest BCUT2D eigenvalue weighted by Gasteiger charge is 2.07. The molecule has 0 aliphatic carbocycles. The van der Waals surface area contributed by atoms with Crippen LogP contribution in [0.3, 0.4) is 0 Å². The van der Waals surface area contributed by atoms with Crippen LogP contribution in [0.1, 0.15) is 5.56 Å². The third kappa shape index (κ3) is 3.71. The van der Waals surface area contributed by atoms with Crippen molar-refractivity contribution in [1.82, 2.24) is 0 Å². The fraction of sp³-hybridized carbons (Fsp3) is 0.143. The van der Waals surface area contributed by atoms with E-state index in [-0.39, 0.29) is 9.92 Å². The predicted octanol–water partition coefficient (Wildman–Crippen LogP) is 3.49. The molecule has 0 aliphatic rings. The van der Waals surface area contributed by atoms with Gasteiger partial charge in [0, 0.05) is 18.5 Å². The van der Waals surface area contributed by atoms with E-state index in [1.807, 2.05) is 0 Å². The van der Waals surface area contributed by atoms with E-state index in [1.165, 1.54) is 18.2 Å². The molecule has 0 bridgehead atoms. The summed E-state index contributed by atoms with van der Waals surface area (Å²) in [5.41, 5.74) is 1.48. The van der Waals surface area contributed by atoms with Crippen LogP contribution in [-0.4, -0.2) is 14.7 Å². The standard InChI is InChI=1S/C14H13ClFNO2S/c1-20(18,19)12-4-2-3-11(8-12)17-9-10-5-6-14(16)13(15)7-10/h2-8,17H,9H2,1H3. The van der Waals surface area contributed by atoms with E-state index >= 15 is 0 Å². The summed E-state index contributed by atoms with van der Waals surface area (Å²) in [6.45, 7) is 0.424. The van der Waals surface area contributed by atoms with E-state index in [0.717, 1.165) is 11.8 Å². The third-order valence-electron chi connectivity index (χ3n) is 2.74. The summed E-state index contributed by atoms with van der Waals surface area (Å²) in [6, 6.07) is 11.0. The number of nitrogens with one attached hydrogen (secondary N) is 1. The van der Waals surface area contributed by atoms with Crippen molar-refractivity contribution in [3.05, 3.63) is 58.9 Å². The van der Waals surface area contributed by atoms with Gasteiger partial charge in [-0.1, -0.05) is 23.7 Å². The highest BCUT2D eigenvalue weighted by molar-refractivity contribution is 7.90. The third-order valence-corrected chi connectivity index (χ3v) is 4.14. The van der Waals surface area contributed by atoms with Crippen molar-refractivity contribution in [2.75, 3.05) is 11.6 Å². The summed E-state index contributed by atoms with van der Waals surface area (Å²) in [7, 11) is -3.23. The van der Waals surface area contributed by atoms with Gasteiger partial charge in [-0.2, -0.15) is 0 Å². The molecule has 0 aromatic heterocycles. The summed E-state index contributed by atoms with van der Waals surface area (Å²) in [4.78, 5) is 0.250. The molecule has 0 heterocycles. The largest absolute Gasteiger partial charge is 0.381 e. The Labute approximate surface area is 122 Å². The van der Waals surface area contributed by atoms with E-state index in [2.05, 4.69) is 5.32 Å². The van der Waals surface area contributed by atoms with Crippen LogP contribution < -0.4 is 5.32 Å². The monoisotopic (exact) mass is 313 g/mol. The maximum atomic E-state index is 13.0. The fourth-order valence-electron chi connectivity index (χ4n) is 1.69. The number of sulfone groups is 1. The van der Waals surface area contributed by atoms with Gasteiger partial charge in [-0.25, -0.2) is 12.8 Å². The predicted molar refractivity (Wildman–Crippen MR) is 78.3 cm³/mol. The van der Waals surface area contributed by atoms with E-state index in [1.54, 1.807) is 24.3 Å². The van der Waals surface area contributed by atoms with Gasteiger partial charge < -0.3 is 5.32 Å². The zero-order chi connectivity index (χ0) is 14.8. The highest BCUT2D eigenvalue weighted by Crippen LogP contribution is 2.19. The first-order valence-electron chi connectivity index (χ1n) is 5.84. The number of benzene rings is 2. The second-order valence-corrected chi connectivity index (χ2v) is 6.82. The Morgan fingerprint density at radius 2 is 1.95 bits per heavy atom. The summed E-state index contributed by atoms with van der Waals surface area (Å²) < 4.78 is 35.9. The normalized spacial score (nSPS) is 11.3. The van der Waals surface area contributed by atoms with Crippen LogP contribution in [0.5, 0.6) is 0 Å². The lowest BCUT2D eigenvalue weighted by Gasteiger charge is -2.08. The molecule has 0 saturated heterocycles. The van der Waals surface area contributed by atoms with Gasteiger partial charge in [0.15, 0.2) is 9.84 Å². The smallest absolute Gasteiger partial charge is 0.175 e. The summed E-state index contributed by atoms with van der Waals surface area (Å²) >= 11 is 5.70. The minimum Gasteiger partial charge on any atom is -0.381 e. The molecular formula is C14H13ClFNO2S. The van der Waals surface area contributed by atoms with Crippen molar-refractivity contribution in [2.24, 2.45) is 0 Å². The van der Waals surface area contributed by atoms with Crippen LogP contribution in [0.4, 0.5) is 10.1 Å². The first-order valence-corrected chi connectivity index (χ1v) is 8.11. The van der Waals surface area contributed by atoms with Crippen LogP contribution in [-0.2, 0) is 16.4 Å². The van der Waals surface area contributed by atoms with Crippen LogP contribution in [0, 0.1) is 5.82 Å². The quantitative estimate of drug-likeness (QED) is 0.939. The molecule has 20 heavy (non-hydrogen) atoms. The first-order chi connectivity index (χ1) is 9.36. The number of hydrogen-bond acceptors (Lipinski definition) is 3. The van der Waals surface area contributed by atoms with Crippen molar-refractivity contribution >= 4 is 27.1 Å². The van der Waals surface area contributed by atoms with Crippen LogP contribution in [0.2, 0.25) is 5.02 Å². The highest BCUT2D eigenvalue weighted by atomic mass is 35.5. The lowest BCUT2D eigenvalue weighted by Crippen LogP contribution is -2.02. The molecule has 3 nitrogen and oxygen atoms in total.